The molecule has 0 radical (unpaired) electrons. The molecule has 0 saturated carbocycles. The molecule has 10 heteroatoms. The highest BCUT2D eigenvalue weighted by molar-refractivity contribution is 6.33. The maximum absolute atomic E-state index is 13.7. The second-order valence-corrected chi connectivity index (χ2v) is 7.30. The van der Waals surface area contributed by atoms with E-state index in [0.717, 1.165) is 6.07 Å². The number of halogens is 4. The number of hydrogen-bond donors (Lipinski definition) is 0. The number of hydrogen-bond acceptors (Lipinski definition) is 6. The van der Waals surface area contributed by atoms with Gasteiger partial charge in [0.05, 0.1) is 23.1 Å². The van der Waals surface area contributed by atoms with Crippen molar-refractivity contribution in [2.24, 2.45) is 0 Å². The molecular weight excluding hydrogens is 477 g/mol. The molecule has 0 aliphatic carbocycles. The van der Waals surface area contributed by atoms with E-state index in [2.05, 4.69) is 0 Å². The Hall–Kier alpha value is -3.98. The third kappa shape index (κ3) is 4.69. The minimum absolute atomic E-state index is 0.0248. The largest absolute Gasteiger partial charge is 0.497 e. The molecule has 174 valence electrons. The van der Waals surface area contributed by atoms with E-state index in [9.17, 15) is 22.8 Å². The second-order valence-electron chi connectivity index (χ2n) is 6.89. The summed E-state index contributed by atoms with van der Waals surface area (Å²) < 4.78 is 61.6. The number of carbonyl (C=O) groups excluding carboxylic acids is 1. The fourth-order valence-electron chi connectivity index (χ4n) is 3.05. The molecule has 0 bridgehead atoms. The van der Waals surface area contributed by atoms with Crippen LogP contribution in [0, 0.1) is 0 Å². The fraction of sp³-hybridized carbons (Fsp3) is 0.0833. The average Bonchev–Trinajstić information content (AvgIpc) is 2.80. The molecule has 1 aromatic heterocycles. The standard InChI is InChI=1S/C24H14ClF3O6/c1-31-13-6-8-14(9-7-13)32-21-20(29)17-11-10-15(12-19(17)34-22(21)24(26,27)28)33-23(30)16-4-2-3-5-18(16)25/h2-12H,1H3. The van der Waals surface area contributed by atoms with E-state index < -0.39 is 34.7 Å². The topological polar surface area (TPSA) is 75.0 Å². The molecule has 0 N–H and O–H groups in total. The lowest BCUT2D eigenvalue weighted by Crippen LogP contribution is -2.15. The van der Waals surface area contributed by atoms with E-state index in [4.69, 9.17) is 30.2 Å². The Morgan fingerprint density at radius 2 is 1.59 bits per heavy atom. The van der Waals surface area contributed by atoms with Crippen molar-refractivity contribution in [2.45, 2.75) is 6.18 Å². The number of esters is 1. The molecule has 0 unspecified atom stereocenters. The Balaban J connectivity index is 1.74. The minimum atomic E-state index is -5.04. The third-order valence-corrected chi connectivity index (χ3v) is 4.99. The molecule has 0 aliphatic rings. The highest BCUT2D eigenvalue weighted by atomic mass is 35.5. The molecule has 34 heavy (non-hydrogen) atoms. The predicted molar refractivity (Wildman–Crippen MR) is 117 cm³/mol. The van der Waals surface area contributed by atoms with Crippen molar-refractivity contribution in [3.63, 3.8) is 0 Å². The Kier molecular flexibility index (Phi) is 6.21. The van der Waals surface area contributed by atoms with Gasteiger partial charge in [0.25, 0.3) is 5.76 Å². The Morgan fingerprint density at radius 1 is 0.941 bits per heavy atom. The predicted octanol–water partition coefficient (Wildman–Crippen LogP) is 6.49. The lowest BCUT2D eigenvalue weighted by atomic mass is 10.2. The number of alkyl halides is 3. The number of benzene rings is 3. The van der Waals surface area contributed by atoms with Crippen LogP contribution in [-0.4, -0.2) is 13.1 Å². The summed E-state index contributed by atoms with van der Waals surface area (Å²) in [6.45, 7) is 0. The van der Waals surface area contributed by atoms with E-state index >= 15 is 0 Å². The van der Waals surface area contributed by atoms with Gasteiger partial charge >= 0.3 is 12.1 Å². The highest BCUT2D eigenvalue weighted by Crippen LogP contribution is 2.39. The number of rotatable bonds is 5. The maximum Gasteiger partial charge on any atom is 0.453 e. The van der Waals surface area contributed by atoms with Gasteiger partial charge < -0.3 is 18.6 Å². The van der Waals surface area contributed by atoms with Crippen molar-refractivity contribution < 1.29 is 36.6 Å². The molecule has 0 spiro atoms. The Bertz CT molecular complexity index is 1430. The molecule has 4 rings (SSSR count). The van der Waals surface area contributed by atoms with Gasteiger partial charge in [-0.25, -0.2) is 4.79 Å². The van der Waals surface area contributed by atoms with Gasteiger partial charge in [-0.15, -0.1) is 0 Å². The first-order valence-electron chi connectivity index (χ1n) is 9.64. The van der Waals surface area contributed by atoms with E-state index in [1.165, 1.54) is 55.6 Å². The molecule has 0 amide bonds. The van der Waals surface area contributed by atoms with E-state index in [0.29, 0.717) is 5.75 Å². The van der Waals surface area contributed by atoms with Gasteiger partial charge in [0.1, 0.15) is 22.8 Å². The van der Waals surface area contributed by atoms with Crippen LogP contribution >= 0.6 is 11.6 Å². The lowest BCUT2D eigenvalue weighted by molar-refractivity contribution is -0.154. The van der Waals surface area contributed by atoms with Gasteiger partial charge in [0.2, 0.25) is 11.2 Å². The van der Waals surface area contributed by atoms with Crippen LogP contribution in [0.2, 0.25) is 5.02 Å². The van der Waals surface area contributed by atoms with Crippen molar-refractivity contribution in [3.05, 3.63) is 93.3 Å². The number of methoxy groups -OCH3 is 1. The van der Waals surface area contributed by atoms with Crippen LogP contribution < -0.4 is 19.6 Å². The summed E-state index contributed by atoms with van der Waals surface area (Å²) in [6.07, 6.45) is -5.04. The molecule has 3 aromatic carbocycles. The van der Waals surface area contributed by atoms with Crippen LogP contribution in [0.25, 0.3) is 11.0 Å². The van der Waals surface area contributed by atoms with Gasteiger partial charge in [-0.05, 0) is 48.5 Å². The first-order valence-corrected chi connectivity index (χ1v) is 10.0. The Labute approximate surface area is 195 Å². The van der Waals surface area contributed by atoms with Gasteiger partial charge in [-0.2, -0.15) is 13.2 Å². The summed E-state index contributed by atoms with van der Waals surface area (Å²) in [5.74, 6) is -3.20. The van der Waals surface area contributed by atoms with Crippen molar-refractivity contribution in [1.29, 1.82) is 0 Å². The summed E-state index contributed by atoms with van der Waals surface area (Å²) >= 11 is 5.97. The first kappa shape index (κ1) is 23.2. The monoisotopic (exact) mass is 490 g/mol. The number of fused-ring (bicyclic) bond motifs is 1. The molecular formula is C24H14ClF3O6. The van der Waals surface area contributed by atoms with Crippen LogP contribution in [0.3, 0.4) is 0 Å². The summed E-state index contributed by atoms with van der Waals surface area (Å²) in [5, 5.41) is -0.0615. The maximum atomic E-state index is 13.7. The summed E-state index contributed by atoms with van der Waals surface area (Å²) in [4.78, 5) is 25.2. The third-order valence-electron chi connectivity index (χ3n) is 4.66. The quantitative estimate of drug-likeness (QED) is 0.235. The van der Waals surface area contributed by atoms with Crippen molar-refractivity contribution >= 4 is 28.5 Å². The molecule has 0 saturated heterocycles. The normalized spacial score (nSPS) is 11.3. The van der Waals surface area contributed by atoms with E-state index in [-0.39, 0.29) is 27.5 Å². The fourth-order valence-corrected chi connectivity index (χ4v) is 3.26. The van der Waals surface area contributed by atoms with Crippen molar-refractivity contribution in [3.8, 4) is 23.0 Å². The molecule has 0 atom stereocenters. The number of carbonyl (C=O) groups is 1. The lowest BCUT2D eigenvalue weighted by Gasteiger charge is -2.14. The van der Waals surface area contributed by atoms with Crippen LogP contribution in [0.5, 0.6) is 23.0 Å². The summed E-state index contributed by atoms with van der Waals surface area (Å²) in [5.41, 5.74) is -1.43. The summed E-state index contributed by atoms with van der Waals surface area (Å²) in [6, 6.07) is 15.2. The SMILES string of the molecule is COc1ccc(Oc2c(C(F)(F)F)oc3cc(OC(=O)c4ccccc4Cl)ccc3c2=O)cc1. The van der Waals surface area contributed by atoms with Gasteiger partial charge in [0, 0.05) is 6.07 Å². The van der Waals surface area contributed by atoms with E-state index in [1.807, 2.05) is 0 Å². The molecule has 4 aromatic rings. The first-order chi connectivity index (χ1) is 16.2. The molecule has 1 heterocycles. The smallest absolute Gasteiger partial charge is 0.453 e. The van der Waals surface area contributed by atoms with Crippen LogP contribution in [0.15, 0.2) is 75.9 Å². The Morgan fingerprint density at radius 3 is 2.24 bits per heavy atom. The van der Waals surface area contributed by atoms with Gasteiger partial charge in [0.15, 0.2) is 0 Å². The van der Waals surface area contributed by atoms with Crippen molar-refractivity contribution in [1.82, 2.24) is 0 Å². The van der Waals surface area contributed by atoms with Gasteiger partial charge in [-0.3, -0.25) is 4.79 Å². The zero-order chi connectivity index (χ0) is 24.5. The molecule has 0 fully saturated rings. The van der Waals surface area contributed by atoms with E-state index in [1.54, 1.807) is 12.1 Å². The summed E-state index contributed by atoms with van der Waals surface area (Å²) in [7, 11) is 1.43. The molecule has 6 nitrogen and oxygen atoms in total. The van der Waals surface area contributed by atoms with Gasteiger partial charge in [-0.1, -0.05) is 23.7 Å². The van der Waals surface area contributed by atoms with Crippen LogP contribution in [-0.2, 0) is 6.18 Å². The van der Waals surface area contributed by atoms with Crippen LogP contribution in [0.4, 0.5) is 13.2 Å². The van der Waals surface area contributed by atoms with Crippen molar-refractivity contribution in [2.75, 3.05) is 7.11 Å². The molecule has 0 aliphatic heterocycles. The van der Waals surface area contributed by atoms with Crippen LogP contribution in [0.1, 0.15) is 16.1 Å². The highest BCUT2D eigenvalue weighted by Gasteiger charge is 2.40. The average molecular weight is 491 g/mol. The zero-order valence-electron chi connectivity index (χ0n) is 17.3. The number of ether oxygens (including phenoxy) is 3. The second kappa shape index (κ2) is 9.11. The zero-order valence-corrected chi connectivity index (χ0v) is 18.1. The minimum Gasteiger partial charge on any atom is -0.497 e.